The molecule has 0 fully saturated rings. The Morgan fingerprint density at radius 2 is 2.38 bits per heavy atom. The summed E-state index contributed by atoms with van der Waals surface area (Å²) in [5.74, 6) is 0. The first kappa shape index (κ1) is 8.39. The van der Waals surface area contributed by atoms with Crippen LogP contribution in [0.1, 0.15) is 16.1 Å². The van der Waals surface area contributed by atoms with Crippen LogP contribution in [0.5, 0.6) is 0 Å². The average Bonchev–Trinajstić information content (AvgIpc) is 2.41. The Morgan fingerprint density at radius 3 is 3.08 bits per heavy atom. The molecule has 2 aromatic rings. The summed E-state index contributed by atoms with van der Waals surface area (Å²) in [6.07, 6.45) is 2.59. The first-order valence-corrected chi connectivity index (χ1v) is 4.43. The molecular weight excluding hydrogens is 183 g/mol. The predicted octanol–water partition coefficient (Wildman–Crippen LogP) is 1.80. The van der Waals surface area contributed by atoms with Crippen molar-refractivity contribution in [2.24, 2.45) is 0 Å². The van der Waals surface area contributed by atoms with Crippen LogP contribution >= 0.6 is 9.39 Å². The van der Waals surface area contributed by atoms with E-state index >= 15 is 0 Å². The predicted molar refractivity (Wildman–Crippen MR) is 55.0 cm³/mol. The highest BCUT2D eigenvalue weighted by molar-refractivity contribution is 7.15. The van der Waals surface area contributed by atoms with E-state index in [-0.39, 0.29) is 0 Å². The molecule has 13 heavy (non-hydrogen) atoms. The molecule has 0 bridgehead atoms. The normalized spacial score (nSPS) is 10.6. The quantitative estimate of drug-likeness (QED) is 0.510. The molecule has 0 radical (unpaired) electrons. The summed E-state index contributed by atoms with van der Waals surface area (Å²) >= 11 is 0. The number of pyridine rings is 1. The third-order valence-electron chi connectivity index (χ3n) is 2.17. The second-order valence-corrected chi connectivity index (χ2v) is 3.38. The van der Waals surface area contributed by atoms with Crippen molar-refractivity contribution < 1.29 is 4.79 Å². The van der Waals surface area contributed by atoms with Crippen LogP contribution in [0.3, 0.4) is 0 Å². The summed E-state index contributed by atoms with van der Waals surface area (Å²) in [5, 5.41) is 0.907. The first-order chi connectivity index (χ1) is 6.25. The minimum Gasteiger partial charge on any atom is -0.314 e. The zero-order valence-corrected chi connectivity index (χ0v) is 8.34. The number of hydrogen-bond acceptors (Lipinski definition) is 2. The van der Waals surface area contributed by atoms with Gasteiger partial charge in [0.05, 0.1) is 0 Å². The van der Waals surface area contributed by atoms with Crippen molar-refractivity contribution in [2.75, 3.05) is 0 Å². The summed E-state index contributed by atoms with van der Waals surface area (Å²) in [6.45, 7) is 1.90. The highest BCUT2D eigenvalue weighted by Gasteiger charge is 2.10. The molecule has 0 aliphatic rings. The number of aromatic nitrogens is 2. The molecule has 0 spiro atoms. The zero-order chi connectivity index (χ0) is 9.42. The van der Waals surface area contributed by atoms with E-state index in [4.69, 9.17) is 0 Å². The summed E-state index contributed by atoms with van der Waals surface area (Å²) in [4.78, 5) is 15.0. The van der Waals surface area contributed by atoms with Gasteiger partial charge in [-0.2, -0.15) is 0 Å². The number of carbonyl (C=O) groups is 1. The highest BCUT2D eigenvalue weighted by atomic mass is 31.0. The Balaban J connectivity index is 2.98. The molecule has 0 saturated heterocycles. The molecular formula is C9H9N2OP. The van der Waals surface area contributed by atoms with Gasteiger partial charge in [-0.15, -0.1) is 0 Å². The number of rotatable bonds is 1. The Bertz CT molecular complexity index is 476. The molecule has 2 aromatic heterocycles. The van der Waals surface area contributed by atoms with Gasteiger partial charge < -0.3 is 4.34 Å². The van der Waals surface area contributed by atoms with Crippen molar-refractivity contribution in [1.82, 2.24) is 9.32 Å². The molecule has 0 aliphatic carbocycles. The summed E-state index contributed by atoms with van der Waals surface area (Å²) < 4.78 is 1.85. The van der Waals surface area contributed by atoms with Gasteiger partial charge in [0.2, 0.25) is 0 Å². The lowest BCUT2D eigenvalue weighted by Gasteiger charge is -1.95. The Labute approximate surface area is 78.0 Å². The molecule has 2 rings (SSSR count). The van der Waals surface area contributed by atoms with Gasteiger partial charge >= 0.3 is 0 Å². The molecule has 0 amide bonds. The molecule has 0 aliphatic heterocycles. The van der Waals surface area contributed by atoms with Crippen LogP contribution in [0, 0.1) is 6.92 Å². The van der Waals surface area contributed by atoms with E-state index in [2.05, 4.69) is 14.4 Å². The fourth-order valence-corrected chi connectivity index (χ4v) is 1.78. The van der Waals surface area contributed by atoms with Crippen LogP contribution in [-0.2, 0) is 0 Å². The number of carbonyl (C=O) groups excluding carboxylic acids is 1. The molecule has 4 heteroatoms. The van der Waals surface area contributed by atoms with E-state index in [9.17, 15) is 4.79 Å². The first-order valence-electron chi connectivity index (χ1n) is 3.92. The van der Waals surface area contributed by atoms with Crippen molar-refractivity contribution in [3.8, 4) is 0 Å². The lowest BCUT2D eigenvalue weighted by atomic mass is 10.2. The second kappa shape index (κ2) is 2.93. The van der Waals surface area contributed by atoms with E-state index in [0.29, 0.717) is 0 Å². The largest absolute Gasteiger partial charge is 0.314 e. The number of aldehydes is 1. The lowest BCUT2D eigenvalue weighted by molar-refractivity contribution is 0.112. The van der Waals surface area contributed by atoms with Crippen molar-refractivity contribution in [2.45, 2.75) is 6.92 Å². The van der Waals surface area contributed by atoms with Crippen LogP contribution in [0.15, 0.2) is 18.3 Å². The Hall–Kier alpha value is -1.21. The van der Waals surface area contributed by atoms with E-state index in [0.717, 1.165) is 28.6 Å². The highest BCUT2D eigenvalue weighted by Crippen LogP contribution is 2.23. The van der Waals surface area contributed by atoms with Crippen molar-refractivity contribution >= 4 is 26.7 Å². The van der Waals surface area contributed by atoms with Crippen LogP contribution in [-0.4, -0.2) is 15.6 Å². The molecule has 0 saturated carbocycles. The van der Waals surface area contributed by atoms with Gasteiger partial charge in [-0.3, -0.25) is 4.79 Å². The van der Waals surface area contributed by atoms with Crippen LogP contribution in [0.2, 0.25) is 0 Å². The molecule has 2 heterocycles. The minimum absolute atomic E-state index is 0.720. The lowest BCUT2D eigenvalue weighted by Crippen LogP contribution is -1.85. The van der Waals surface area contributed by atoms with E-state index in [1.54, 1.807) is 6.20 Å². The van der Waals surface area contributed by atoms with Crippen LogP contribution in [0.4, 0.5) is 0 Å². The van der Waals surface area contributed by atoms with Crippen molar-refractivity contribution in [3.05, 3.63) is 29.6 Å². The van der Waals surface area contributed by atoms with E-state index < -0.39 is 0 Å². The topological polar surface area (TPSA) is 34.9 Å². The zero-order valence-electron chi connectivity index (χ0n) is 7.19. The molecule has 1 atom stereocenters. The second-order valence-electron chi connectivity index (χ2n) is 2.86. The monoisotopic (exact) mass is 192 g/mol. The number of fused-ring (bicyclic) bond motifs is 1. The summed E-state index contributed by atoms with van der Waals surface area (Å²) in [7, 11) is 2.55. The van der Waals surface area contributed by atoms with Gasteiger partial charge in [-0.05, 0) is 28.4 Å². The van der Waals surface area contributed by atoms with Gasteiger partial charge in [0.1, 0.15) is 5.65 Å². The molecule has 0 N–H and O–H groups in total. The smallest absolute Gasteiger partial charge is 0.152 e. The van der Waals surface area contributed by atoms with Crippen molar-refractivity contribution in [3.63, 3.8) is 0 Å². The third kappa shape index (κ3) is 1.08. The van der Waals surface area contributed by atoms with Crippen LogP contribution < -0.4 is 0 Å². The standard InChI is InChI=1S/C9H9N2OP/c1-6-8(5-12)7-3-2-4-10-9(7)11(6)13/h2-5H,13H2,1H3. The number of hydrogen-bond donors (Lipinski definition) is 0. The van der Waals surface area contributed by atoms with Gasteiger partial charge in [-0.25, -0.2) is 4.98 Å². The molecule has 0 aromatic carbocycles. The van der Waals surface area contributed by atoms with Gasteiger partial charge in [0.15, 0.2) is 6.29 Å². The maximum absolute atomic E-state index is 10.8. The maximum atomic E-state index is 10.8. The molecule has 66 valence electrons. The van der Waals surface area contributed by atoms with E-state index in [1.807, 2.05) is 23.4 Å². The van der Waals surface area contributed by atoms with Crippen LogP contribution in [0.25, 0.3) is 11.0 Å². The number of nitrogens with zero attached hydrogens (tertiary/aromatic N) is 2. The van der Waals surface area contributed by atoms with E-state index in [1.165, 1.54) is 0 Å². The SMILES string of the molecule is Cc1c(C=O)c2cccnc2n1P. The Kier molecular flexibility index (Phi) is 1.89. The van der Waals surface area contributed by atoms with Gasteiger partial charge in [-0.1, -0.05) is 0 Å². The minimum atomic E-state index is 0.720. The fourth-order valence-electron chi connectivity index (χ4n) is 1.43. The average molecular weight is 192 g/mol. The fraction of sp³-hybridized carbons (Fsp3) is 0.111. The summed E-state index contributed by atoms with van der Waals surface area (Å²) in [5.41, 5.74) is 2.47. The molecule has 1 unspecified atom stereocenters. The summed E-state index contributed by atoms with van der Waals surface area (Å²) in [6, 6.07) is 3.74. The van der Waals surface area contributed by atoms with Crippen molar-refractivity contribution in [1.29, 1.82) is 0 Å². The Morgan fingerprint density at radius 1 is 1.62 bits per heavy atom. The van der Waals surface area contributed by atoms with Gasteiger partial charge in [0, 0.05) is 22.8 Å². The third-order valence-corrected chi connectivity index (χ3v) is 2.81. The molecule has 3 nitrogen and oxygen atoms in total. The maximum Gasteiger partial charge on any atom is 0.152 e. The van der Waals surface area contributed by atoms with Gasteiger partial charge in [0.25, 0.3) is 0 Å².